The lowest BCUT2D eigenvalue weighted by molar-refractivity contribution is 0.289. The van der Waals surface area contributed by atoms with Gasteiger partial charge in [-0.2, -0.15) is 0 Å². The fourth-order valence-electron chi connectivity index (χ4n) is 1.50. The van der Waals surface area contributed by atoms with Crippen molar-refractivity contribution in [2.45, 2.75) is 27.2 Å². The van der Waals surface area contributed by atoms with Gasteiger partial charge < -0.3 is 10.0 Å². The number of nitrogens with zero attached hydrogens (tertiary/aromatic N) is 3. The SMILES string of the molecule is CCN(CCCO)c1nc(C)cnc1C. The summed E-state index contributed by atoms with van der Waals surface area (Å²) >= 11 is 0. The van der Waals surface area contributed by atoms with Gasteiger partial charge in [-0.15, -0.1) is 0 Å². The van der Waals surface area contributed by atoms with Gasteiger partial charge in [-0.1, -0.05) is 0 Å². The van der Waals surface area contributed by atoms with Crippen LogP contribution >= 0.6 is 0 Å². The minimum Gasteiger partial charge on any atom is -0.396 e. The second kappa shape index (κ2) is 5.66. The highest BCUT2D eigenvalue weighted by atomic mass is 16.3. The third-order valence-corrected chi connectivity index (χ3v) is 2.32. The highest BCUT2D eigenvalue weighted by Gasteiger charge is 2.09. The summed E-state index contributed by atoms with van der Waals surface area (Å²) in [5, 5.41) is 8.82. The van der Waals surface area contributed by atoms with E-state index in [0.717, 1.165) is 36.7 Å². The monoisotopic (exact) mass is 209 g/mol. The molecule has 0 amide bonds. The largest absolute Gasteiger partial charge is 0.396 e. The fraction of sp³-hybridized carbons (Fsp3) is 0.636. The summed E-state index contributed by atoms with van der Waals surface area (Å²) in [4.78, 5) is 10.9. The van der Waals surface area contributed by atoms with Crippen LogP contribution in [0.1, 0.15) is 24.7 Å². The molecule has 0 aliphatic heterocycles. The van der Waals surface area contributed by atoms with Crippen molar-refractivity contribution in [2.24, 2.45) is 0 Å². The van der Waals surface area contributed by atoms with E-state index in [9.17, 15) is 0 Å². The molecule has 4 nitrogen and oxygen atoms in total. The van der Waals surface area contributed by atoms with Crippen LogP contribution in [0.15, 0.2) is 6.20 Å². The molecule has 0 aliphatic rings. The molecule has 0 spiro atoms. The standard InChI is InChI=1S/C11H19N3O/c1-4-14(6-5-7-15)11-10(3)12-8-9(2)13-11/h8,15H,4-7H2,1-3H3. The molecule has 1 heterocycles. The number of aryl methyl sites for hydroxylation is 2. The van der Waals surface area contributed by atoms with Crippen molar-refractivity contribution in [3.8, 4) is 0 Å². The van der Waals surface area contributed by atoms with E-state index in [-0.39, 0.29) is 6.61 Å². The zero-order valence-electron chi connectivity index (χ0n) is 9.69. The van der Waals surface area contributed by atoms with Crippen LogP contribution in [0.25, 0.3) is 0 Å². The Morgan fingerprint density at radius 1 is 1.40 bits per heavy atom. The molecule has 0 saturated heterocycles. The number of hydrogen-bond donors (Lipinski definition) is 1. The molecule has 0 saturated carbocycles. The molecule has 0 atom stereocenters. The van der Waals surface area contributed by atoms with Crippen molar-refractivity contribution in [3.63, 3.8) is 0 Å². The van der Waals surface area contributed by atoms with E-state index >= 15 is 0 Å². The van der Waals surface area contributed by atoms with Gasteiger partial charge in [-0.25, -0.2) is 4.98 Å². The quantitative estimate of drug-likeness (QED) is 0.794. The smallest absolute Gasteiger partial charge is 0.150 e. The van der Waals surface area contributed by atoms with Crippen LogP contribution in [0.2, 0.25) is 0 Å². The van der Waals surface area contributed by atoms with Crippen molar-refractivity contribution in [1.82, 2.24) is 9.97 Å². The number of aromatic nitrogens is 2. The Kier molecular flexibility index (Phi) is 4.49. The van der Waals surface area contributed by atoms with Gasteiger partial charge in [0.2, 0.25) is 0 Å². The lowest BCUT2D eigenvalue weighted by atomic mass is 10.3. The second-order valence-corrected chi connectivity index (χ2v) is 3.58. The molecule has 0 unspecified atom stereocenters. The minimum atomic E-state index is 0.217. The first-order valence-corrected chi connectivity index (χ1v) is 5.35. The average molecular weight is 209 g/mol. The van der Waals surface area contributed by atoms with Crippen LogP contribution in [-0.2, 0) is 0 Å². The Morgan fingerprint density at radius 2 is 2.13 bits per heavy atom. The van der Waals surface area contributed by atoms with Crippen molar-refractivity contribution in [3.05, 3.63) is 17.6 Å². The van der Waals surface area contributed by atoms with Crippen LogP contribution in [0.5, 0.6) is 0 Å². The van der Waals surface area contributed by atoms with Crippen molar-refractivity contribution in [2.75, 3.05) is 24.6 Å². The summed E-state index contributed by atoms with van der Waals surface area (Å²) in [6.45, 7) is 7.92. The first-order valence-electron chi connectivity index (χ1n) is 5.35. The number of hydrogen-bond acceptors (Lipinski definition) is 4. The topological polar surface area (TPSA) is 49.2 Å². The Labute approximate surface area is 91.0 Å². The molecular weight excluding hydrogens is 190 g/mol. The van der Waals surface area contributed by atoms with Crippen LogP contribution in [-0.4, -0.2) is 34.8 Å². The van der Waals surface area contributed by atoms with E-state index in [2.05, 4.69) is 21.8 Å². The summed E-state index contributed by atoms with van der Waals surface area (Å²) in [5.74, 6) is 0.936. The average Bonchev–Trinajstić information content (AvgIpc) is 2.24. The number of aliphatic hydroxyl groups excluding tert-OH is 1. The Bertz CT molecular complexity index is 315. The van der Waals surface area contributed by atoms with Gasteiger partial charge in [0.05, 0.1) is 11.4 Å². The Balaban J connectivity index is 2.85. The maximum atomic E-state index is 8.82. The molecule has 0 bridgehead atoms. The maximum Gasteiger partial charge on any atom is 0.150 e. The molecule has 0 aliphatic carbocycles. The van der Waals surface area contributed by atoms with E-state index in [0.29, 0.717) is 0 Å². The summed E-state index contributed by atoms with van der Waals surface area (Å²) in [6, 6.07) is 0. The molecule has 1 aromatic rings. The molecule has 15 heavy (non-hydrogen) atoms. The summed E-state index contributed by atoms with van der Waals surface area (Å²) in [6.07, 6.45) is 2.54. The van der Waals surface area contributed by atoms with Crippen LogP contribution in [0, 0.1) is 13.8 Å². The minimum absolute atomic E-state index is 0.217. The van der Waals surface area contributed by atoms with Gasteiger partial charge in [0.1, 0.15) is 5.82 Å². The van der Waals surface area contributed by atoms with Gasteiger partial charge in [-0.3, -0.25) is 4.98 Å². The van der Waals surface area contributed by atoms with Gasteiger partial charge in [0.15, 0.2) is 0 Å². The lowest BCUT2D eigenvalue weighted by Crippen LogP contribution is -2.27. The Hall–Kier alpha value is -1.16. The highest BCUT2D eigenvalue weighted by molar-refractivity contribution is 5.42. The van der Waals surface area contributed by atoms with Crippen LogP contribution in [0.3, 0.4) is 0 Å². The first kappa shape index (κ1) is 11.9. The zero-order valence-corrected chi connectivity index (χ0v) is 9.69. The second-order valence-electron chi connectivity index (χ2n) is 3.58. The van der Waals surface area contributed by atoms with Crippen molar-refractivity contribution < 1.29 is 5.11 Å². The Morgan fingerprint density at radius 3 is 2.73 bits per heavy atom. The van der Waals surface area contributed by atoms with Gasteiger partial charge in [0, 0.05) is 25.9 Å². The van der Waals surface area contributed by atoms with Gasteiger partial charge in [-0.05, 0) is 27.2 Å². The predicted molar refractivity (Wildman–Crippen MR) is 61.1 cm³/mol. The van der Waals surface area contributed by atoms with Gasteiger partial charge in [0.25, 0.3) is 0 Å². The van der Waals surface area contributed by atoms with Crippen molar-refractivity contribution >= 4 is 5.82 Å². The number of rotatable bonds is 5. The first-order chi connectivity index (χ1) is 7.19. The summed E-state index contributed by atoms with van der Waals surface area (Å²) in [5.41, 5.74) is 1.87. The van der Waals surface area contributed by atoms with E-state index in [1.165, 1.54) is 0 Å². The van der Waals surface area contributed by atoms with Crippen LogP contribution in [0.4, 0.5) is 5.82 Å². The fourth-order valence-corrected chi connectivity index (χ4v) is 1.50. The van der Waals surface area contributed by atoms with Crippen molar-refractivity contribution in [1.29, 1.82) is 0 Å². The van der Waals surface area contributed by atoms with E-state index in [4.69, 9.17) is 5.11 Å². The number of anilines is 1. The highest BCUT2D eigenvalue weighted by Crippen LogP contribution is 2.15. The maximum absolute atomic E-state index is 8.82. The molecule has 4 heteroatoms. The molecule has 1 N–H and O–H groups in total. The molecular formula is C11H19N3O. The summed E-state index contributed by atoms with van der Waals surface area (Å²) < 4.78 is 0. The molecule has 0 fully saturated rings. The third kappa shape index (κ3) is 3.16. The molecule has 0 aromatic carbocycles. The zero-order chi connectivity index (χ0) is 11.3. The molecule has 1 aromatic heterocycles. The lowest BCUT2D eigenvalue weighted by Gasteiger charge is -2.22. The van der Waals surface area contributed by atoms with E-state index in [1.54, 1.807) is 6.20 Å². The number of aliphatic hydroxyl groups is 1. The van der Waals surface area contributed by atoms with Crippen LogP contribution < -0.4 is 4.90 Å². The van der Waals surface area contributed by atoms with Gasteiger partial charge >= 0.3 is 0 Å². The normalized spacial score (nSPS) is 10.4. The molecule has 84 valence electrons. The van der Waals surface area contributed by atoms with E-state index < -0.39 is 0 Å². The molecule has 1 rings (SSSR count). The van der Waals surface area contributed by atoms with E-state index in [1.807, 2.05) is 13.8 Å². The third-order valence-electron chi connectivity index (χ3n) is 2.32. The summed E-state index contributed by atoms with van der Waals surface area (Å²) in [7, 11) is 0. The molecule has 0 radical (unpaired) electrons. The predicted octanol–water partition coefficient (Wildman–Crippen LogP) is 1.30.